The fourth-order valence-electron chi connectivity index (χ4n) is 4.81. The van der Waals surface area contributed by atoms with Gasteiger partial charge in [-0.05, 0) is 36.4 Å². The van der Waals surface area contributed by atoms with Gasteiger partial charge in [0.2, 0.25) is 0 Å². The lowest BCUT2D eigenvalue weighted by molar-refractivity contribution is 0.0111. The fraction of sp³-hybridized carbons (Fsp3) is 0.486. The van der Waals surface area contributed by atoms with Crippen LogP contribution in [0.15, 0.2) is 72.8 Å². The highest BCUT2D eigenvalue weighted by Crippen LogP contribution is 2.29. The molecule has 2 heterocycles. The van der Waals surface area contributed by atoms with Crippen molar-refractivity contribution in [3.63, 3.8) is 0 Å². The van der Waals surface area contributed by atoms with Crippen LogP contribution in [0, 0.1) is 0 Å². The number of para-hydroxylation sites is 6. The molecule has 2 aliphatic heterocycles. The molecule has 10 heteroatoms. The summed E-state index contributed by atoms with van der Waals surface area (Å²) in [6.07, 6.45) is 0. The van der Waals surface area contributed by atoms with E-state index < -0.39 is 0 Å². The fourth-order valence-corrected chi connectivity index (χ4v) is 4.81. The first-order valence-electron chi connectivity index (χ1n) is 15.7. The van der Waals surface area contributed by atoms with Crippen molar-refractivity contribution in [2.24, 2.45) is 0 Å². The van der Waals surface area contributed by atoms with Gasteiger partial charge >= 0.3 is 0 Å². The Kier molecular flexibility index (Phi) is 14.9. The number of likely N-dealkylation sites (N-methyl/N-ethyl adjacent to an activating group) is 3. The Morgan fingerprint density at radius 1 is 0.356 bits per heavy atom. The summed E-state index contributed by atoms with van der Waals surface area (Å²) < 4.78 is 39.9. The maximum atomic E-state index is 5.95. The smallest absolute Gasteiger partial charge is 0.142 e. The van der Waals surface area contributed by atoms with E-state index in [1.165, 1.54) is 0 Å². The summed E-state index contributed by atoms with van der Waals surface area (Å²) in [5, 5.41) is 0. The Hall–Kier alpha value is -3.70. The Morgan fingerprint density at radius 2 is 0.622 bits per heavy atom. The summed E-state index contributed by atoms with van der Waals surface area (Å²) in [7, 11) is 6.15. The van der Waals surface area contributed by atoms with Crippen molar-refractivity contribution in [1.29, 1.82) is 0 Å². The van der Waals surface area contributed by atoms with E-state index in [9.17, 15) is 0 Å². The molecule has 0 unspecified atom stereocenters. The van der Waals surface area contributed by atoms with Crippen LogP contribution in [0.5, 0.6) is 17.2 Å². The molecule has 5 rings (SSSR count). The van der Waals surface area contributed by atoms with E-state index in [1.807, 2.05) is 61.6 Å². The maximum absolute atomic E-state index is 5.95. The second-order valence-corrected chi connectivity index (χ2v) is 10.7. The molecular formula is C35H49N3O7. The van der Waals surface area contributed by atoms with Gasteiger partial charge in [0.05, 0.1) is 69.9 Å². The molecule has 0 fully saturated rings. The van der Waals surface area contributed by atoms with Crippen LogP contribution in [-0.4, -0.2) is 113 Å². The average molecular weight is 624 g/mol. The Morgan fingerprint density at radius 3 is 1.00 bits per heavy atom. The van der Waals surface area contributed by atoms with E-state index in [1.54, 1.807) is 0 Å². The van der Waals surface area contributed by atoms with Crippen LogP contribution < -0.4 is 28.9 Å². The summed E-state index contributed by atoms with van der Waals surface area (Å²) in [6.45, 7) is 9.00. The summed E-state index contributed by atoms with van der Waals surface area (Å²) >= 11 is 0. The molecule has 0 aliphatic carbocycles. The summed E-state index contributed by atoms with van der Waals surface area (Å²) in [5.74, 6) is 2.62. The van der Waals surface area contributed by atoms with E-state index in [0.717, 1.165) is 53.9 Å². The third-order valence-corrected chi connectivity index (χ3v) is 7.37. The van der Waals surface area contributed by atoms with Gasteiger partial charge < -0.3 is 47.9 Å². The lowest BCUT2D eigenvalue weighted by atomic mass is 10.2. The molecule has 45 heavy (non-hydrogen) atoms. The van der Waals surface area contributed by atoms with Crippen LogP contribution >= 0.6 is 0 Å². The highest BCUT2D eigenvalue weighted by Gasteiger charge is 2.12. The number of nitrogens with zero attached hydrogens (tertiary/aromatic N) is 3. The first-order chi connectivity index (χ1) is 22.1. The predicted octanol–water partition coefficient (Wildman–Crippen LogP) is 4.61. The average Bonchev–Trinajstić information content (AvgIpc) is 3.08. The summed E-state index contributed by atoms with van der Waals surface area (Å²) in [4.78, 5) is 6.46. The molecule has 0 amide bonds. The quantitative estimate of drug-likeness (QED) is 0.355. The van der Waals surface area contributed by atoms with Crippen molar-refractivity contribution in [2.75, 3.05) is 128 Å². The number of hydrogen-bond donors (Lipinski definition) is 0. The first kappa shape index (κ1) is 34.2. The molecule has 2 aliphatic rings. The second-order valence-electron chi connectivity index (χ2n) is 10.7. The van der Waals surface area contributed by atoms with E-state index in [-0.39, 0.29) is 0 Å². The standard InChI is InChI=1S/C20H26N2O3.C15H23NO4/c1-21-11-13-23-14-12-22(2)18-8-4-6-10-20(18)25-16-15-24-19-9-5-3-7-17(19)21;1-16-6-7-17-8-9-18-10-11-19-12-13-20-15-5-3-2-4-14(15)16/h3-10H,11-16H2,1-2H3;2-5H,6-13H2,1H3. The number of rotatable bonds is 0. The minimum atomic E-state index is 0.499. The molecule has 246 valence electrons. The van der Waals surface area contributed by atoms with Gasteiger partial charge in [-0.2, -0.15) is 0 Å². The number of ether oxygens (including phenoxy) is 7. The van der Waals surface area contributed by atoms with Gasteiger partial charge in [-0.3, -0.25) is 0 Å². The first-order valence-corrected chi connectivity index (χ1v) is 15.7. The van der Waals surface area contributed by atoms with Crippen LogP contribution in [0.2, 0.25) is 0 Å². The molecule has 0 spiro atoms. The van der Waals surface area contributed by atoms with Gasteiger partial charge in [0.1, 0.15) is 37.1 Å². The topological polar surface area (TPSA) is 74.3 Å². The van der Waals surface area contributed by atoms with Gasteiger partial charge in [-0.15, -0.1) is 0 Å². The van der Waals surface area contributed by atoms with Gasteiger partial charge in [-0.1, -0.05) is 36.4 Å². The highest BCUT2D eigenvalue weighted by atomic mass is 16.6. The normalized spacial score (nSPS) is 17.8. The van der Waals surface area contributed by atoms with Gasteiger partial charge in [0.25, 0.3) is 0 Å². The Balaban J connectivity index is 0.000000210. The number of fused-ring (bicyclic) bond motifs is 3. The van der Waals surface area contributed by atoms with Gasteiger partial charge in [-0.25, -0.2) is 0 Å². The second kappa shape index (κ2) is 19.6. The third kappa shape index (κ3) is 11.6. The maximum Gasteiger partial charge on any atom is 0.142 e. The minimum absolute atomic E-state index is 0.499. The van der Waals surface area contributed by atoms with Crippen molar-refractivity contribution in [3.8, 4) is 17.2 Å². The van der Waals surface area contributed by atoms with Gasteiger partial charge in [0.15, 0.2) is 0 Å². The zero-order valence-electron chi connectivity index (χ0n) is 27.0. The molecule has 0 saturated carbocycles. The zero-order valence-corrected chi connectivity index (χ0v) is 27.0. The number of hydrogen-bond acceptors (Lipinski definition) is 10. The van der Waals surface area contributed by atoms with Crippen molar-refractivity contribution in [2.45, 2.75) is 0 Å². The van der Waals surface area contributed by atoms with Crippen LogP contribution in [0.3, 0.4) is 0 Å². The monoisotopic (exact) mass is 623 g/mol. The lowest BCUT2D eigenvalue weighted by Crippen LogP contribution is -2.26. The van der Waals surface area contributed by atoms with E-state index in [0.29, 0.717) is 72.7 Å². The SMILES string of the molecule is CN1CCOCCN(C)c2ccccc2OCCOc2ccccc21.CN1CCOCCOCCOCCOc2ccccc21. The predicted molar refractivity (Wildman–Crippen MR) is 179 cm³/mol. The summed E-state index contributed by atoms with van der Waals surface area (Å²) in [6, 6.07) is 24.2. The molecule has 3 aromatic carbocycles. The van der Waals surface area contributed by atoms with Crippen LogP contribution in [-0.2, 0) is 18.9 Å². The molecular weight excluding hydrogens is 574 g/mol. The van der Waals surface area contributed by atoms with Crippen molar-refractivity contribution in [3.05, 3.63) is 72.8 Å². The van der Waals surface area contributed by atoms with E-state index in [2.05, 4.69) is 47.0 Å². The van der Waals surface area contributed by atoms with E-state index in [4.69, 9.17) is 33.2 Å². The van der Waals surface area contributed by atoms with Crippen molar-refractivity contribution >= 4 is 17.1 Å². The van der Waals surface area contributed by atoms with Crippen LogP contribution in [0.4, 0.5) is 17.1 Å². The largest absolute Gasteiger partial charge is 0.489 e. The Bertz CT molecular complexity index is 1190. The molecule has 3 aromatic rings. The summed E-state index contributed by atoms with van der Waals surface area (Å²) in [5.41, 5.74) is 3.21. The molecule has 10 nitrogen and oxygen atoms in total. The lowest BCUT2D eigenvalue weighted by Gasteiger charge is -2.23. The van der Waals surface area contributed by atoms with E-state index >= 15 is 0 Å². The Labute approximate surface area is 268 Å². The van der Waals surface area contributed by atoms with Gasteiger partial charge in [0, 0.05) is 40.8 Å². The van der Waals surface area contributed by atoms with Crippen LogP contribution in [0.1, 0.15) is 0 Å². The molecule has 0 radical (unpaired) electrons. The van der Waals surface area contributed by atoms with Crippen molar-refractivity contribution < 1.29 is 33.2 Å². The molecule has 0 bridgehead atoms. The third-order valence-electron chi connectivity index (χ3n) is 7.37. The molecule has 0 atom stereocenters. The molecule has 0 N–H and O–H groups in total. The molecule has 0 aromatic heterocycles. The number of benzene rings is 3. The minimum Gasteiger partial charge on any atom is -0.489 e. The zero-order chi connectivity index (χ0) is 31.5. The van der Waals surface area contributed by atoms with Crippen LogP contribution in [0.25, 0.3) is 0 Å². The highest BCUT2D eigenvalue weighted by molar-refractivity contribution is 5.59. The van der Waals surface area contributed by atoms with Crippen molar-refractivity contribution in [1.82, 2.24) is 0 Å². The molecule has 0 saturated heterocycles. The number of anilines is 3.